The van der Waals surface area contributed by atoms with Crippen LogP contribution in [0.1, 0.15) is 38.3 Å². The molecule has 1 aromatic rings. The fraction of sp³-hybridized carbons (Fsp3) is 0.500. The SMILES string of the molecule is CC(C)CC[C@H](N)c1cc(O)ccc1Br.Cl. The summed E-state index contributed by atoms with van der Waals surface area (Å²) in [6.07, 6.45) is 2.04. The molecule has 1 aromatic carbocycles. The molecule has 0 saturated carbocycles. The molecule has 0 aliphatic rings. The standard InChI is InChI=1S/C12H18BrNO.ClH/c1-8(2)3-6-12(14)10-7-9(15)4-5-11(10)13;/h4-5,7-8,12,15H,3,6,14H2,1-2H3;1H/t12-;/m0./s1. The van der Waals surface area contributed by atoms with E-state index in [1.165, 1.54) is 0 Å². The summed E-state index contributed by atoms with van der Waals surface area (Å²) in [5.74, 6) is 0.931. The van der Waals surface area contributed by atoms with Gasteiger partial charge in [0.1, 0.15) is 5.75 Å². The molecular formula is C12H19BrClNO. The lowest BCUT2D eigenvalue weighted by molar-refractivity contribution is 0.470. The molecule has 0 saturated heterocycles. The van der Waals surface area contributed by atoms with Crippen LogP contribution in [0.25, 0.3) is 0 Å². The summed E-state index contributed by atoms with van der Waals surface area (Å²) < 4.78 is 0.969. The van der Waals surface area contributed by atoms with Gasteiger partial charge in [-0.05, 0) is 42.5 Å². The summed E-state index contributed by atoms with van der Waals surface area (Å²) >= 11 is 3.45. The van der Waals surface area contributed by atoms with Crippen molar-refractivity contribution in [2.75, 3.05) is 0 Å². The van der Waals surface area contributed by atoms with Crippen molar-refractivity contribution in [3.05, 3.63) is 28.2 Å². The molecule has 92 valence electrons. The number of hydrogen-bond donors (Lipinski definition) is 2. The average molecular weight is 309 g/mol. The Hall–Kier alpha value is -0.250. The molecule has 2 nitrogen and oxygen atoms in total. The lowest BCUT2D eigenvalue weighted by Gasteiger charge is -2.15. The Morgan fingerprint density at radius 2 is 1.94 bits per heavy atom. The van der Waals surface area contributed by atoms with Crippen molar-refractivity contribution >= 4 is 28.3 Å². The smallest absolute Gasteiger partial charge is 0.115 e. The van der Waals surface area contributed by atoms with Gasteiger partial charge in [-0.25, -0.2) is 0 Å². The Morgan fingerprint density at radius 1 is 1.31 bits per heavy atom. The Balaban J connectivity index is 0.00000225. The minimum absolute atomic E-state index is 0. The van der Waals surface area contributed by atoms with E-state index in [9.17, 15) is 5.11 Å². The van der Waals surface area contributed by atoms with Gasteiger partial charge in [0.05, 0.1) is 0 Å². The minimum atomic E-state index is -0.00567. The number of nitrogens with two attached hydrogens (primary N) is 1. The third-order valence-corrected chi connectivity index (χ3v) is 3.16. The second-order valence-corrected chi connectivity index (χ2v) is 5.14. The van der Waals surface area contributed by atoms with Gasteiger partial charge in [-0.15, -0.1) is 12.4 Å². The number of phenolic OH excluding ortho intramolecular Hbond substituents is 1. The third-order valence-electron chi connectivity index (χ3n) is 2.43. The van der Waals surface area contributed by atoms with E-state index in [1.807, 2.05) is 6.07 Å². The highest BCUT2D eigenvalue weighted by molar-refractivity contribution is 9.10. The van der Waals surface area contributed by atoms with Gasteiger partial charge in [-0.1, -0.05) is 29.8 Å². The summed E-state index contributed by atoms with van der Waals surface area (Å²) in [6.45, 7) is 4.37. The summed E-state index contributed by atoms with van der Waals surface area (Å²) in [6, 6.07) is 5.21. The van der Waals surface area contributed by atoms with Crippen LogP contribution in [0.4, 0.5) is 0 Å². The highest BCUT2D eigenvalue weighted by atomic mass is 79.9. The van der Waals surface area contributed by atoms with Gasteiger partial charge in [-0.3, -0.25) is 0 Å². The molecule has 4 heteroatoms. The first kappa shape index (κ1) is 15.8. The zero-order valence-electron chi connectivity index (χ0n) is 9.61. The van der Waals surface area contributed by atoms with Crippen molar-refractivity contribution in [3.63, 3.8) is 0 Å². The minimum Gasteiger partial charge on any atom is -0.508 e. The normalized spacial score (nSPS) is 12.3. The van der Waals surface area contributed by atoms with Crippen LogP contribution in [0.3, 0.4) is 0 Å². The number of hydrogen-bond acceptors (Lipinski definition) is 2. The van der Waals surface area contributed by atoms with Gasteiger partial charge < -0.3 is 10.8 Å². The second-order valence-electron chi connectivity index (χ2n) is 4.28. The van der Waals surface area contributed by atoms with E-state index in [-0.39, 0.29) is 24.2 Å². The lowest BCUT2D eigenvalue weighted by Crippen LogP contribution is -2.11. The molecule has 1 rings (SSSR count). The topological polar surface area (TPSA) is 46.2 Å². The lowest BCUT2D eigenvalue weighted by atomic mass is 9.98. The van der Waals surface area contributed by atoms with Crippen molar-refractivity contribution < 1.29 is 5.11 Å². The monoisotopic (exact) mass is 307 g/mol. The Labute approximate surface area is 112 Å². The van der Waals surface area contributed by atoms with Crippen molar-refractivity contribution in [2.24, 2.45) is 11.7 Å². The molecule has 0 aliphatic carbocycles. The molecule has 0 amide bonds. The molecule has 1 atom stereocenters. The van der Waals surface area contributed by atoms with E-state index in [1.54, 1.807) is 12.1 Å². The first-order chi connectivity index (χ1) is 7.00. The molecule has 16 heavy (non-hydrogen) atoms. The second kappa shape index (κ2) is 7.15. The maximum absolute atomic E-state index is 9.39. The van der Waals surface area contributed by atoms with Crippen LogP contribution in [-0.2, 0) is 0 Å². The predicted octanol–water partition coefficient (Wildman–Crippen LogP) is 4.01. The molecule has 0 unspecified atom stereocenters. The number of benzene rings is 1. The van der Waals surface area contributed by atoms with Crippen molar-refractivity contribution in [1.29, 1.82) is 0 Å². The van der Waals surface area contributed by atoms with Gasteiger partial charge in [-0.2, -0.15) is 0 Å². The molecule has 3 N–H and O–H groups in total. The summed E-state index contributed by atoms with van der Waals surface area (Å²) in [4.78, 5) is 0. The summed E-state index contributed by atoms with van der Waals surface area (Å²) in [7, 11) is 0. The van der Waals surface area contributed by atoms with Gasteiger partial charge in [0.2, 0.25) is 0 Å². The molecule has 0 spiro atoms. The Bertz CT molecular complexity index is 331. The molecule has 0 radical (unpaired) electrons. The van der Waals surface area contributed by atoms with E-state index >= 15 is 0 Å². The largest absolute Gasteiger partial charge is 0.508 e. The van der Waals surface area contributed by atoms with E-state index in [0.717, 1.165) is 22.9 Å². The van der Waals surface area contributed by atoms with Crippen LogP contribution < -0.4 is 5.73 Å². The Kier molecular flexibility index (Phi) is 7.04. The van der Waals surface area contributed by atoms with Gasteiger partial charge in [0, 0.05) is 10.5 Å². The molecular weight excluding hydrogens is 289 g/mol. The maximum atomic E-state index is 9.39. The van der Waals surface area contributed by atoms with Gasteiger partial charge in [0.25, 0.3) is 0 Å². The van der Waals surface area contributed by atoms with Gasteiger partial charge in [0.15, 0.2) is 0 Å². The predicted molar refractivity (Wildman–Crippen MR) is 74.1 cm³/mol. The van der Waals surface area contributed by atoms with Crippen LogP contribution in [-0.4, -0.2) is 5.11 Å². The van der Waals surface area contributed by atoms with E-state index in [4.69, 9.17) is 5.73 Å². The van der Waals surface area contributed by atoms with Crippen LogP contribution >= 0.6 is 28.3 Å². The van der Waals surface area contributed by atoms with Crippen molar-refractivity contribution in [1.82, 2.24) is 0 Å². The highest BCUT2D eigenvalue weighted by Gasteiger charge is 2.11. The van der Waals surface area contributed by atoms with E-state index in [2.05, 4.69) is 29.8 Å². The number of phenols is 1. The Morgan fingerprint density at radius 3 is 2.50 bits per heavy atom. The zero-order chi connectivity index (χ0) is 11.4. The number of halogens is 2. The fourth-order valence-corrected chi connectivity index (χ4v) is 2.02. The van der Waals surface area contributed by atoms with Crippen LogP contribution in [0, 0.1) is 5.92 Å². The van der Waals surface area contributed by atoms with Crippen molar-refractivity contribution in [3.8, 4) is 5.75 Å². The molecule has 0 aromatic heterocycles. The highest BCUT2D eigenvalue weighted by Crippen LogP contribution is 2.28. The fourth-order valence-electron chi connectivity index (χ4n) is 1.48. The summed E-state index contributed by atoms with van der Waals surface area (Å²) in [5, 5.41) is 9.39. The first-order valence-electron chi connectivity index (χ1n) is 5.24. The maximum Gasteiger partial charge on any atom is 0.115 e. The van der Waals surface area contributed by atoms with Crippen LogP contribution in [0.15, 0.2) is 22.7 Å². The van der Waals surface area contributed by atoms with Gasteiger partial charge >= 0.3 is 0 Å². The summed E-state index contributed by atoms with van der Waals surface area (Å²) in [5.41, 5.74) is 7.05. The first-order valence-corrected chi connectivity index (χ1v) is 6.04. The quantitative estimate of drug-likeness (QED) is 0.882. The number of aromatic hydroxyl groups is 1. The average Bonchev–Trinajstić information content (AvgIpc) is 2.18. The zero-order valence-corrected chi connectivity index (χ0v) is 12.0. The van der Waals surface area contributed by atoms with Crippen LogP contribution in [0.2, 0.25) is 0 Å². The molecule has 0 bridgehead atoms. The molecule has 0 heterocycles. The third kappa shape index (κ3) is 4.73. The molecule has 0 aliphatic heterocycles. The molecule has 0 fully saturated rings. The van der Waals surface area contributed by atoms with Crippen molar-refractivity contribution in [2.45, 2.75) is 32.7 Å². The van der Waals surface area contributed by atoms with E-state index in [0.29, 0.717) is 5.92 Å². The number of rotatable bonds is 4. The van der Waals surface area contributed by atoms with Crippen LogP contribution in [0.5, 0.6) is 5.75 Å². The van der Waals surface area contributed by atoms with E-state index < -0.39 is 0 Å².